The van der Waals surface area contributed by atoms with Crippen LogP contribution in [-0.2, 0) is 4.74 Å². The van der Waals surface area contributed by atoms with Gasteiger partial charge in [-0.15, -0.1) is 0 Å². The fourth-order valence-electron chi connectivity index (χ4n) is 3.13. The third kappa shape index (κ3) is 2.83. The standard InChI is InChI=1S/C16H24N2O/c1-19-15-8-9-18(11-15)16(10-17)14-6-4-13(5-7-14)12-2-3-12/h4-7,12,15-16H,2-3,8-11,17H2,1H3. The van der Waals surface area contributed by atoms with Gasteiger partial charge in [0.2, 0.25) is 0 Å². The zero-order valence-electron chi connectivity index (χ0n) is 11.7. The molecule has 0 amide bonds. The summed E-state index contributed by atoms with van der Waals surface area (Å²) in [5.74, 6) is 0.829. The number of ether oxygens (including phenoxy) is 1. The predicted octanol–water partition coefficient (Wildman–Crippen LogP) is 2.28. The molecular formula is C16H24N2O. The lowest BCUT2D eigenvalue weighted by Gasteiger charge is -2.27. The number of rotatable bonds is 5. The van der Waals surface area contributed by atoms with E-state index in [4.69, 9.17) is 10.5 Å². The summed E-state index contributed by atoms with van der Waals surface area (Å²) in [6, 6.07) is 9.46. The van der Waals surface area contributed by atoms with Gasteiger partial charge in [0.15, 0.2) is 0 Å². The van der Waals surface area contributed by atoms with Crippen molar-refractivity contribution in [3.63, 3.8) is 0 Å². The average molecular weight is 260 g/mol. The minimum absolute atomic E-state index is 0.341. The van der Waals surface area contributed by atoms with Gasteiger partial charge in [-0.05, 0) is 36.3 Å². The number of methoxy groups -OCH3 is 1. The molecule has 1 aliphatic carbocycles. The van der Waals surface area contributed by atoms with Gasteiger partial charge in [-0.1, -0.05) is 24.3 Å². The normalized spacial score (nSPS) is 25.7. The van der Waals surface area contributed by atoms with Crippen LogP contribution in [0.15, 0.2) is 24.3 Å². The van der Waals surface area contributed by atoms with Crippen LogP contribution in [0.1, 0.15) is 42.3 Å². The summed E-state index contributed by atoms with van der Waals surface area (Å²) in [5, 5.41) is 0. The summed E-state index contributed by atoms with van der Waals surface area (Å²) >= 11 is 0. The smallest absolute Gasteiger partial charge is 0.0710 e. The first kappa shape index (κ1) is 13.1. The topological polar surface area (TPSA) is 38.5 Å². The molecule has 0 aromatic heterocycles. The molecule has 3 rings (SSSR count). The van der Waals surface area contributed by atoms with Crippen molar-refractivity contribution >= 4 is 0 Å². The summed E-state index contributed by atoms with van der Waals surface area (Å²) in [7, 11) is 1.80. The molecule has 3 nitrogen and oxygen atoms in total. The first-order valence-corrected chi connectivity index (χ1v) is 7.38. The molecule has 1 aromatic carbocycles. The van der Waals surface area contributed by atoms with E-state index >= 15 is 0 Å². The lowest BCUT2D eigenvalue weighted by Crippen LogP contribution is -2.32. The molecule has 0 spiro atoms. The zero-order valence-corrected chi connectivity index (χ0v) is 11.7. The number of hydrogen-bond acceptors (Lipinski definition) is 3. The molecule has 2 unspecified atom stereocenters. The SMILES string of the molecule is COC1CCN(C(CN)c2ccc(C3CC3)cc2)C1. The molecule has 2 N–H and O–H groups in total. The fraction of sp³-hybridized carbons (Fsp3) is 0.625. The summed E-state index contributed by atoms with van der Waals surface area (Å²) in [6.45, 7) is 2.77. The molecule has 1 saturated heterocycles. The average Bonchev–Trinajstić information content (AvgIpc) is 3.20. The molecule has 0 bridgehead atoms. The molecule has 1 aromatic rings. The van der Waals surface area contributed by atoms with Gasteiger partial charge in [-0.25, -0.2) is 0 Å². The van der Waals surface area contributed by atoms with Gasteiger partial charge in [0.25, 0.3) is 0 Å². The van der Waals surface area contributed by atoms with Crippen molar-refractivity contribution in [3.8, 4) is 0 Å². The minimum Gasteiger partial charge on any atom is -0.380 e. The second kappa shape index (κ2) is 5.61. The van der Waals surface area contributed by atoms with Crippen molar-refractivity contribution in [1.82, 2.24) is 4.90 Å². The van der Waals surface area contributed by atoms with Crippen molar-refractivity contribution in [2.45, 2.75) is 37.3 Å². The van der Waals surface area contributed by atoms with Crippen molar-refractivity contribution in [2.24, 2.45) is 5.73 Å². The molecule has 2 fully saturated rings. The minimum atomic E-state index is 0.341. The molecular weight excluding hydrogens is 236 g/mol. The maximum atomic E-state index is 6.00. The molecule has 1 saturated carbocycles. The van der Waals surface area contributed by atoms with Gasteiger partial charge in [-0.2, -0.15) is 0 Å². The number of nitrogens with two attached hydrogens (primary N) is 1. The summed E-state index contributed by atoms with van der Waals surface area (Å²) in [4.78, 5) is 2.46. The Labute approximate surface area is 115 Å². The molecule has 2 aliphatic rings. The summed E-state index contributed by atoms with van der Waals surface area (Å²) in [6.07, 6.45) is 4.22. The zero-order chi connectivity index (χ0) is 13.2. The first-order valence-electron chi connectivity index (χ1n) is 7.38. The van der Waals surface area contributed by atoms with Gasteiger partial charge < -0.3 is 10.5 Å². The molecule has 104 valence electrons. The van der Waals surface area contributed by atoms with Crippen molar-refractivity contribution < 1.29 is 4.74 Å². The van der Waals surface area contributed by atoms with Crippen LogP contribution in [0, 0.1) is 0 Å². The maximum absolute atomic E-state index is 6.00. The van der Waals surface area contributed by atoms with Gasteiger partial charge in [0, 0.05) is 32.8 Å². The Bertz CT molecular complexity index is 413. The second-order valence-electron chi connectivity index (χ2n) is 5.83. The largest absolute Gasteiger partial charge is 0.380 e. The first-order chi connectivity index (χ1) is 9.31. The van der Waals surface area contributed by atoms with E-state index in [-0.39, 0.29) is 0 Å². The highest BCUT2D eigenvalue weighted by atomic mass is 16.5. The Morgan fingerprint density at radius 1 is 1.26 bits per heavy atom. The van der Waals surface area contributed by atoms with E-state index in [9.17, 15) is 0 Å². The molecule has 1 heterocycles. The lowest BCUT2D eigenvalue weighted by molar-refractivity contribution is 0.101. The number of likely N-dealkylation sites (tertiary alicyclic amines) is 1. The predicted molar refractivity (Wildman–Crippen MR) is 77.2 cm³/mol. The van der Waals surface area contributed by atoms with E-state index in [0.29, 0.717) is 18.7 Å². The quantitative estimate of drug-likeness (QED) is 0.882. The highest BCUT2D eigenvalue weighted by Crippen LogP contribution is 2.40. The van der Waals surface area contributed by atoms with E-state index in [1.165, 1.54) is 24.0 Å². The van der Waals surface area contributed by atoms with Crippen LogP contribution in [-0.4, -0.2) is 37.7 Å². The molecule has 3 heteroatoms. The van der Waals surface area contributed by atoms with E-state index in [0.717, 1.165) is 25.4 Å². The molecule has 2 atom stereocenters. The van der Waals surface area contributed by atoms with Crippen molar-refractivity contribution in [3.05, 3.63) is 35.4 Å². The van der Waals surface area contributed by atoms with Crippen LogP contribution in [0.25, 0.3) is 0 Å². The van der Waals surface area contributed by atoms with Gasteiger partial charge in [0.05, 0.1) is 6.10 Å². The Morgan fingerprint density at radius 2 is 2.00 bits per heavy atom. The Kier molecular flexibility index (Phi) is 3.87. The summed E-state index contributed by atoms with van der Waals surface area (Å²) < 4.78 is 5.45. The van der Waals surface area contributed by atoms with Crippen molar-refractivity contribution in [1.29, 1.82) is 0 Å². The second-order valence-corrected chi connectivity index (χ2v) is 5.83. The number of nitrogens with zero attached hydrogens (tertiary/aromatic N) is 1. The van der Waals surface area contributed by atoms with Crippen LogP contribution in [0.2, 0.25) is 0 Å². The Hall–Kier alpha value is -0.900. The highest BCUT2D eigenvalue weighted by molar-refractivity contribution is 5.30. The third-order valence-electron chi connectivity index (χ3n) is 4.54. The number of hydrogen-bond donors (Lipinski definition) is 1. The van der Waals surface area contributed by atoms with Crippen LogP contribution in [0.3, 0.4) is 0 Å². The number of benzene rings is 1. The van der Waals surface area contributed by atoms with Crippen LogP contribution in [0.5, 0.6) is 0 Å². The van der Waals surface area contributed by atoms with Gasteiger partial charge in [0.1, 0.15) is 0 Å². The Balaban J connectivity index is 1.70. The third-order valence-corrected chi connectivity index (χ3v) is 4.54. The van der Waals surface area contributed by atoms with E-state index < -0.39 is 0 Å². The Morgan fingerprint density at radius 3 is 2.53 bits per heavy atom. The highest BCUT2D eigenvalue weighted by Gasteiger charge is 2.29. The molecule has 1 aliphatic heterocycles. The van der Waals surface area contributed by atoms with E-state index in [2.05, 4.69) is 29.2 Å². The van der Waals surface area contributed by atoms with Crippen molar-refractivity contribution in [2.75, 3.05) is 26.7 Å². The summed E-state index contributed by atoms with van der Waals surface area (Å²) in [5.41, 5.74) is 8.85. The fourth-order valence-corrected chi connectivity index (χ4v) is 3.13. The van der Waals surface area contributed by atoms with Gasteiger partial charge in [-0.3, -0.25) is 4.90 Å². The molecule has 0 radical (unpaired) electrons. The van der Waals surface area contributed by atoms with Crippen LogP contribution in [0.4, 0.5) is 0 Å². The maximum Gasteiger partial charge on any atom is 0.0710 e. The van der Waals surface area contributed by atoms with E-state index in [1.807, 2.05) is 0 Å². The lowest BCUT2D eigenvalue weighted by atomic mass is 10.0. The molecule has 19 heavy (non-hydrogen) atoms. The monoisotopic (exact) mass is 260 g/mol. The van der Waals surface area contributed by atoms with Crippen LogP contribution < -0.4 is 5.73 Å². The van der Waals surface area contributed by atoms with Gasteiger partial charge >= 0.3 is 0 Å². The van der Waals surface area contributed by atoms with Crippen LogP contribution >= 0.6 is 0 Å². The van der Waals surface area contributed by atoms with E-state index in [1.54, 1.807) is 7.11 Å².